The van der Waals surface area contributed by atoms with Crippen molar-refractivity contribution in [2.45, 2.75) is 17.9 Å². The summed E-state index contributed by atoms with van der Waals surface area (Å²) < 4.78 is 35.5. The van der Waals surface area contributed by atoms with Gasteiger partial charge in [-0.1, -0.05) is 0 Å². The zero-order valence-electron chi connectivity index (χ0n) is 15.9. The van der Waals surface area contributed by atoms with Crippen molar-refractivity contribution in [1.82, 2.24) is 19.2 Å². The highest BCUT2D eigenvalue weighted by atomic mass is 35.5. The van der Waals surface area contributed by atoms with Crippen molar-refractivity contribution in [3.8, 4) is 5.75 Å². The van der Waals surface area contributed by atoms with E-state index in [9.17, 15) is 13.2 Å². The summed E-state index contributed by atoms with van der Waals surface area (Å²) in [6.07, 6.45) is 3.43. The first-order valence-corrected chi connectivity index (χ1v) is 9.94. The van der Waals surface area contributed by atoms with E-state index in [0.29, 0.717) is 31.1 Å². The van der Waals surface area contributed by atoms with Gasteiger partial charge in [-0.2, -0.15) is 4.31 Å². The maximum atomic E-state index is 13.5. The molecule has 0 bridgehead atoms. The molecule has 11 heteroatoms. The van der Waals surface area contributed by atoms with Gasteiger partial charge >= 0.3 is 0 Å². The second-order valence-corrected chi connectivity index (χ2v) is 8.14. The fourth-order valence-corrected chi connectivity index (χ4v) is 4.95. The van der Waals surface area contributed by atoms with E-state index >= 15 is 0 Å². The van der Waals surface area contributed by atoms with Crippen molar-refractivity contribution in [2.24, 2.45) is 7.05 Å². The monoisotopic (exact) mass is 429 g/mol. The number of amides is 1. The molecule has 1 amide bonds. The minimum absolute atomic E-state index is 0. The van der Waals surface area contributed by atoms with Gasteiger partial charge < -0.3 is 19.9 Å². The average molecular weight is 430 g/mol. The quantitative estimate of drug-likeness (QED) is 0.738. The highest BCUT2D eigenvalue weighted by molar-refractivity contribution is 7.89. The number of benzene rings is 1. The molecule has 3 rings (SSSR count). The number of rotatable bonds is 5. The number of aryl methyl sites for hydroxylation is 1. The molecule has 2 N–H and O–H groups in total. The number of piperazine rings is 1. The van der Waals surface area contributed by atoms with Gasteiger partial charge in [0, 0.05) is 51.7 Å². The number of carbonyl (C=O) groups excluding carboxylic acids is 1. The number of hydrogen-bond acceptors (Lipinski definition) is 6. The number of ether oxygens (including phenoxy) is 1. The van der Waals surface area contributed by atoms with Crippen LogP contribution in [0.25, 0.3) is 0 Å². The van der Waals surface area contributed by atoms with Crippen LogP contribution in [0.3, 0.4) is 0 Å². The van der Waals surface area contributed by atoms with Gasteiger partial charge in [0.05, 0.1) is 13.2 Å². The van der Waals surface area contributed by atoms with Crippen LogP contribution in [-0.4, -0.2) is 54.9 Å². The zero-order chi connectivity index (χ0) is 19.6. The molecule has 9 nitrogen and oxygen atoms in total. The van der Waals surface area contributed by atoms with Gasteiger partial charge in [0.1, 0.15) is 16.5 Å². The summed E-state index contributed by atoms with van der Waals surface area (Å²) in [5.74, 6) is 0.598. The van der Waals surface area contributed by atoms with Gasteiger partial charge in [0.15, 0.2) is 0 Å². The molecule has 1 fully saturated rings. The van der Waals surface area contributed by atoms with Crippen molar-refractivity contribution in [2.75, 3.05) is 32.1 Å². The van der Waals surface area contributed by atoms with Gasteiger partial charge in [-0.05, 0) is 18.2 Å². The highest BCUT2D eigenvalue weighted by Gasteiger charge is 2.38. The maximum Gasteiger partial charge on any atom is 0.247 e. The third-order valence-electron chi connectivity index (χ3n) is 4.42. The van der Waals surface area contributed by atoms with Crippen LogP contribution >= 0.6 is 12.4 Å². The van der Waals surface area contributed by atoms with E-state index in [1.165, 1.54) is 30.5 Å². The Morgan fingerprint density at radius 3 is 2.75 bits per heavy atom. The number of nitrogens with one attached hydrogen (secondary N) is 2. The first kappa shape index (κ1) is 22.2. The van der Waals surface area contributed by atoms with Crippen LogP contribution in [0.4, 0.5) is 5.69 Å². The highest BCUT2D eigenvalue weighted by Crippen LogP contribution is 2.34. The van der Waals surface area contributed by atoms with Crippen molar-refractivity contribution in [3.05, 3.63) is 36.4 Å². The van der Waals surface area contributed by atoms with Crippen LogP contribution in [-0.2, 0) is 21.9 Å². The molecule has 1 saturated heterocycles. The molecule has 1 atom stereocenters. The van der Waals surface area contributed by atoms with Gasteiger partial charge in [-0.25, -0.2) is 13.4 Å². The Balaban J connectivity index is 0.00000280. The number of aromatic nitrogens is 2. The summed E-state index contributed by atoms with van der Waals surface area (Å²) in [6, 6.07) is 4.12. The molecule has 1 aromatic heterocycles. The van der Waals surface area contributed by atoms with Crippen LogP contribution in [0.2, 0.25) is 0 Å². The number of sulfonamides is 1. The second kappa shape index (κ2) is 8.91. The molecule has 1 aliphatic heterocycles. The Morgan fingerprint density at radius 1 is 1.39 bits per heavy atom. The lowest BCUT2D eigenvalue weighted by Crippen LogP contribution is -2.49. The number of methoxy groups -OCH3 is 1. The molecule has 28 heavy (non-hydrogen) atoms. The summed E-state index contributed by atoms with van der Waals surface area (Å²) in [4.78, 5) is 15.7. The zero-order valence-corrected chi connectivity index (χ0v) is 17.5. The summed E-state index contributed by atoms with van der Waals surface area (Å²) in [5.41, 5.74) is 0.394. The first-order valence-electron chi connectivity index (χ1n) is 8.50. The normalized spacial score (nSPS) is 17.6. The van der Waals surface area contributed by atoms with Crippen molar-refractivity contribution in [1.29, 1.82) is 0 Å². The molecule has 0 saturated carbocycles. The van der Waals surface area contributed by atoms with Crippen LogP contribution in [0.15, 0.2) is 35.5 Å². The lowest BCUT2D eigenvalue weighted by atomic mass is 10.2. The molecule has 1 aliphatic rings. The largest absolute Gasteiger partial charge is 0.495 e. The standard InChI is InChI=1S/C17H23N5O4S.ClH/c1-12(23)20-13-4-5-15(26-3)16(10-13)27(24,25)22-9-6-18-11-14(22)17-19-7-8-21(17)2;/h4-5,7-8,10,14,18H,6,9,11H2,1-3H3,(H,20,23);1H. The predicted molar refractivity (Wildman–Crippen MR) is 107 cm³/mol. The Morgan fingerprint density at radius 2 is 2.14 bits per heavy atom. The van der Waals surface area contributed by atoms with Crippen molar-refractivity contribution >= 4 is 34.0 Å². The smallest absolute Gasteiger partial charge is 0.247 e. The number of anilines is 1. The van der Waals surface area contributed by atoms with E-state index in [-0.39, 0.29) is 29.0 Å². The Kier molecular flexibility index (Phi) is 7.05. The van der Waals surface area contributed by atoms with Crippen LogP contribution in [0, 0.1) is 0 Å². The average Bonchev–Trinajstić information content (AvgIpc) is 3.07. The first-order chi connectivity index (χ1) is 12.8. The third kappa shape index (κ3) is 4.30. The third-order valence-corrected chi connectivity index (χ3v) is 6.35. The molecule has 1 unspecified atom stereocenters. The summed E-state index contributed by atoms with van der Waals surface area (Å²) in [5, 5.41) is 5.84. The summed E-state index contributed by atoms with van der Waals surface area (Å²) in [7, 11) is -0.641. The van der Waals surface area contributed by atoms with Gasteiger partial charge in [-0.15, -0.1) is 12.4 Å². The maximum absolute atomic E-state index is 13.5. The number of halogens is 1. The van der Waals surface area contributed by atoms with E-state index in [4.69, 9.17) is 4.74 Å². The summed E-state index contributed by atoms with van der Waals surface area (Å²) in [6.45, 7) is 2.66. The molecule has 2 aromatic rings. The SMILES string of the molecule is COc1ccc(NC(C)=O)cc1S(=O)(=O)N1CCNCC1c1nccn1C.Cl. The van der Waals surface area contributed by atoms with Crippen LogP contribution in [0.1, 0.15) is 18.8 Å². The van der Waals surface area contributed by atoms with Crippen molar-refractivity contribution in [3.63, 3.8) is 0 Å². The van der Waals surface area contributed by atoms with Gasteiger partial charge in [-0.3, -0.25) is 4.79 Å². The summed E-state index contributed by atoms with van der Waals surface area (Å²) >= 11 is 0. The molecule has 0 spiro atoms. The molecular formula is C17H24ClN5O4S. The molecular weight excluding hydrogens is 406 g/mol. The molecule has 1 aromatic carbocycles. The van der Waals surface area contributed by atoms with Gasteiger partial charge in [0.2, 0.25) is 15.9 Å². The van der Waals surface area contributed by atoms with E-state index in [0.717, 1.165) is 0 Å². The topological polar surface area (TPSA) is 106 Å². The Bertz CT molecular complexity index is 947. The minimum atomic E-state index is -3.89. The number of hydrogen-bond donors (Lipinski definition) is 2. The lowest BCUT2D eigenvalue weighted by Gasteiger charge is -2.35. The van der Waals surface area contributed by atoms with Crippen LogP contribution < -0.4 is 15.4 Å². The molecule has 0 radical (unpaired) electrons. The molecule has 0 aliphatic carbocycles. The number of imidazole rings is 1. The van der Waals surface area contributed by atoms with E-state index < -0.39 is 16.1 Å². The van der Waals surface area contributed by atoms with Gasteiger partial charge in [0.25, 0.3) is 0 Å². The number of carbonyl (C=O) groups is 1. The molecule has 2 heterocycles. The fraction of sp³-hybridized carbons (Fsp3) is 0.412. The minimum Gasteiger partial charge on any atom is -0.495 e. The van der Waals surface area contributed by atoms with Crippen molar-refractivity contribution < 1.29 is 17.9 Å². The predicted octanol–water partition coefficient (Wildman–Crippen LogP) is 1.14. The number of nitrogens with zero attached hydrogens (tertiary/aromatic N) is 3. The van der Waals surface area contributed by atoms with E-state index in [2.05, 4.69) is 15.6 Å². The fourth-order valence-electron chi connectivity index (χ4n) is 3.18. The molecule has 154 valence electrons. The van der Waals surface area contributed by atoms with Crippen LogP contribution in [0.5, 0.6) is 5.75 Å². The van der Waals surface area contributed by atoms with E-state index in [1.54, 1.807) is 18.5 Å². The lowest BCUT2D eigenvalue weighted by molar-refractivity contribution is -0.114. The Hall–Kier alpha value is -2.14. The Labute approximate surface area is 170 Å². The second-order valence-electron chi connectivity index (χ2n) is 6.28. The van der Waals surface area contributed by atoms with E-state index in [1.807, 2.05) is 11.6 Å².